The average molecular weight is 407 g/mol. The molecule has 2 aromatic heterocycles. The molecule has 0 radical (unpaired) electrons. The predicted molar refractivity (Wildman–Crippen MR) is 112 cm³/mol. The number of aryl methyl sites for hydroxylation is 1. The van der Waals surface area contributed by atoms with E-state index in [0.29, 0.717) is 11.7 Å². The van der Waals surface area contributed by atoms with Gasteiger partial charge in [-0.25, -0.2) is 4.79 Å². The second-order valence-corrected chi connectivity index (χ2v) is 7.56. The number of nitrogens with zero attached hydrogens (tertiary/aromatic N) is 3. The van der Waals surface area contributed by atoms with Gasteiger partial charge in [0.05, 0.1) is 7.11 Å². The summed E-state index contributed by atoms with van der Waals surface area (Å²) in [5.74, 6) is 1.68. The van der Waals surface area contributed by atoms with Crippen LogP contribution in [-0.4, -0.2) is 28.3 Å². The number of aromatic nitrogens is 3. The van der Waals surface area contributed by atoms with Crippen LogP contribution in [0.3, 0.4) is 0 Å². The maximum absolute atomic E-state index is 12.9. The van der Waals surface area contributed by atoms with Crippen LogP contribution >= 0.6 is 0 Å². The van der Waals surface area contributed by atoms with E-state index >= 15 is 0 Å². The van der Waals surface area contributed by atoms with Crippen LogP contribution in [0.4, 0.5) is 10.5 Å². The number of carbonyl (C=O) groups is 1. The van der Waals surface area contributed by atoms with Gasteiger partial charge in [0.1, 0.15) is 11.3 Å². The Hall–Kier alpha value is -3.42. The van der Waals surface area contributed by atoms with E-state index in [4.69, 9.17) is 9.26 Å². The fourth-order valence-electron chi connectivity index (χ4n) is 3.86. The molecule has 1 aromatic carbocycles. The minimum absolute atomic E-state index is 0.297. The van der Waals surface area contributed by atoms with Gasteiger partial charge in [-0.15, -0.1) is 0 Å². The highest BCUT2D eigenvalue weighted by Gasteiger charge is 2.41. The lowest BCUT2D eigenvalue weighted by atomic mass is 9.81. The molecule has 0 atom stereocenters. The van der Waals surface area contributed by atoms with Crippen LogP contribution in [0.25, 0.3) is 11.4 Å². The third-order valence-corrected chi connectivity index (χ3v) is 5.52. The lowest BCUT2D eigenvalue weighted by Gasteiger charge is -2.34. The fraction of sp³-hybridized carbons (Fsp3) is 0.364. The number of hydrogen-bond donors (Lipinski definition) is 2. The van der Waals surface area contributed by atoms with Crippen LogP contribution in [0.1, 0.15) is 43.6 Å². The number of urea groups is 1. The summed E-state index contributed by atoms with van der Waals surface area (Å²) in [6.07, 6.45) is 7.95. The van der Waals surface area contributed by atoms with Crippen LogP contribution in [0.5, 0.6) is 5.75 Å². The van der Waals surface area contributed by atoms with Crippen molar-refractivity contribution in [2.45, 2.75) is 44.6 Å². The highest BCUT2D eigenvalue weighted by atomic mass is 16.5. The minimum Gasteiger partial charge on any atom is -0.497 e. The molecule has 1 aliphatic rings. The standard InChI is InChI=1S/C22H25N5O3/c1-15-14-17(29-2)6-7-18(15)24-21(28)26-22(10-4-3-5-11-22)20-25-19(27-30-20)16-8-12-23-13-9-16/h6-9,12-14H,3-5,10-11H2,1-2H3,(H2,24,26,28). The molecule has 3 aromatic rings. The van der Waals surface area contributed by atoms with E-state index in [1.807, 2.05) is 37.3 Å². The average Bonchev–Trinajstić information content (AvgIpc) is 3.27. The molecule has 0 spiro atoms. The van der Waals surface area contributed by atoms with Crippen LogP contribution in [-0.2, 0) is 5.54 Å². The van der Waals surface area contributed by atoms with Crippen molar-refractivity contribution in [3.05, 3.63) is 54.2 Å². The Balaban J connectivity index is 1.55. The second-order valence-electron chi connectivity index (χ2n) is 7.56. The Morgan fingerprint density at radius 3 is 2.60 bits per heavy atom. The molecule has 0 bridgehead atoms. The number of hydrogen-bond acceptors (Lipinski definition) is 6. The Bertz CT molecular complexity index is 1010. The van der Waals surface area contributed by atoms with Gasteiger partial charge in [-0.2, -0.15) is 4.98 Å². The van der Waals surface area contributed by atoms with Crippen molar-refractivity contribution >= 4 is 11.7 Å². The summed E-state index contributed by atoms with van der Waals surface area (Å²) >= 11 is 0. The van der Waals surface area contributed by atoms with Crippen molar-refractivity contribution in [1.82, 2.24) is 20.4 Å². The zero-order valence-electron chi connectivity index (χ0n) is 17.1. The summed E-state index contributed by atoms with van der Waals surface area (Å²) in [5, 5.41) is 10.2. The first-order valence-electron chi connectivity index (χ1n) is 10.1. The molecule has 156 valence electrons. The summed E-state index contributed by atoms with van der Waals surface area (Å²) in [5.41, 5.74) is 1.78. The first-order valence-corrected chi connectivity index (χ1v) is 10.1. The smallest absolute Gasteiger partial charge is 0.320 e. The van der Waals surface area contributed by atoms with Crippen molar-refractivity contribution in [3.63, 3.8) is 0 Å². The highest BCUT2D eigenvalue weighted by Crippen LogP contribution is 2.37. The third-order valence-electron chi connectivity index (χ3n) is 5.52. The van der Waals surface area contributed by atoms with Crippen molar-refractivity contribution in [3.8, 4) is 17.1 Å². The molecule has 0 aliphatic heterocycles. The molecule has 1 aliphatic carbocycles. The Morgan fingerprint density at radius 1 is 1.13 bits per heavy atom. The molecule has 1 saturated carbocycles. The second kappa shape index (κ2) is 8.52. The molecular weight excluding hydrogens is 382 g/mol. The highest BCUT2D eigenvalue weighted by molar-refractivity contribution is 5.90. The van der Waals surface area contributed by atoms with Crippen molar-refractivity contribution in [1.29, 1.82) is 0 Å². The van der Waals surface area contributed by atoms with E-state index in [0.717, 1.165) is 54.7 Å². The third kappa shape index (κ3) is 4.12. The van der Waals surface area contributed by atoms with Gasteiger partial charge in [-0.05, 0) is 55.7 Å². The molecule has 2 N–H and O–H groups in total. The van der Waals surface area contributed by atoms with E-state index in [-0.39, 0.29) is 6.03 Å². The first kappa shape index (κ1) is 19.9. The van der Waals surface area contributed by atoms with Gasteiger partial charge in [-0.3, -0.25) is 4.98 Å². The quantitative estimate of drug-likeness (QED) is 0.649. The van der Waals surface area contributed by atoms with E-state index in [2.05, 4.69) is 25.8 Å². The molecule has 8 nitrogen and oxygen atoms in total. The minimum atomic E-state index is -0.680. The number of anilines is 1. The molecule has 2 amide bonds. The van der Waals surface area contributed by atoms with Gasteiger partial charge in [-0.1, -0.05) is 24.4 Å². The Kier molecular flexibility index (Phi) is 5.65. The summed E-state index contributed by atoms with van der Waals surface area (Å²) in [7, 11) is 1.62. The van der Waals surface area contributed by atoms with Gasteiger partial charge in [0.2, 0.25) is 5.82 Å². The van der Waals surface area contributed by atoms with Gasteiger partial charge in [0.15, 0.2) is 0 Å². The van der Waals surface area contributed by atoms with Crippen LogP contribution in [0, 0.1) is 6.92 Å². The number of ether oxygens (including phenoxy) is 1. The Morgan fingerprint density at radius 2 is 1.90 bits per heavy atom. The summed E-state index contributed by atoms with van der Waals surface area (Å²) in [4.78, 5) is 21.5. The van der Waals surface area contributed by atoms with E-state index in [9.17, 15) is 4.79 Å². The molecule has 4 rings (SSSR count). The van der Waals surface area contributed by atoms with Crippen molar-refractivity contribution < 1.29 is 14.1 Å². The van der Waals surface area contributed by atoms with Crippen molar-refractivity contribution in [2.75, 3.05) is 12.4 Å². The van der Waals surface area contributed by atoms with Gasteiger partial charge in [0.25, 0.3) is 5.89 Å². The molecule has 2 heterocycles. The van der Waals surface area contributed by atoms with Crippen molar-refractivity contribution in [2.24, 2.45) is 0 Å². The summed E-state index contributed by atoms with van der Waals surface area (Å²) in [6, 6.07) is 8.89. The maximum atomic E-state index is 12.9. The number of benzene rings is 1. The topological polar surface area (TPSA) is 102 Å². The van der Waals surface area contributed by atoms with Crippen LogP contribution in [0.2, 0.25) is 0 Å². The lowest BCUT2D eigenvalue weighted by Crippen LogP contribution is -2.49. The fourth-order valence-corrected chi connectivity index (χ4v) is 3.86. The normalized spacial score (nSPS) is 15.4. The van der Waals surface area contributed by atoms with E-state index < -0.39 is 5.54 Å². The number of nitrogens with one attached hydrogen (secondary N) is 2. The first-order chi connectivity index (χ1) is 14.6. The van der Waals surface area contributed by atoms with Gasteiger partial charge >= 0.3 is 6.03 Å². The molecular formula is C22H25N5O3. The largest absolute Gasteiger partial charge is 0.497 e. The zero-order valence-corrected chi connectivity index (χ0v) is 17.1. The molecule has 1 fully saturated rings. The zero-order chi connectivity index (χ0) is 21.0. The number of methoxy groups -OCH3 is 1. The van der Waals surface area contributed by atoms with E-state index in [1.54, 1.807) is 19.5 Å². The molecule has 0 saturated heterocycles. The monoisotopic (exact) mass is 407 g/mol. The number of rotatable bonds is 5. The number of carbonyl (C=O) groups excluding carboxylic acids is 1. The van der Waals surface area contributed by atoms with Crippen LogP contribution < -0.4 is 15.4 Å². The Labute approximate surface area is 175 Å². The SMILES string of the molecule is COc1ccc(NC(=O)NC2(c3nc(-c4ccncc4)no3)CCCCC2)c(C)c1. The maximum Gasteiger partial charge on any atom is 0.320 e. The summed E-state index contributed by atoms with van der Waals surface area (Å²) < 4.78 is 10.9. The molecule has 0 unspecified atom stereocenters. The number of amides is 2. The summed E-state index contributed by atoms with van der Waals surface area (Å²) in [6.45, 7) is 1.92. The van der Waals surface area contributed by atoms with Gasteiger partial charge in [0, 0.05) is 23.6 Å². The van der Waals surface area contributed by atoms with Crippen LogP contribution in [0.15, 0.2) is 47.2 Å². The molecule has 30 heavy (non-hydrogen) atoms. The number of pyridine rings is 1. The lowest BCUT2D eigenvalue weighted by molar-refractivity contribution is 0.173. The molecule has 8 heteroatoms. The van der Waals surface area contributed by atoms with Gasteiger partial charge < -0.3 is 19.9 Å². The van der Waals surface area contributed by atoms with E-state index in [1.165, 1.54) is 0 Å². The predicted octanol–water partition coefficient (Wildman–Crippen LogP) is 4.43.